The molecule has 0 saturated heterocycles. The zero-order valence-electron chi connectivity index (χ0n) is 6.07. The molecule has 0 spiro atoms. The molecule has 1 aromatic rings. The van der Waals surface area contributed by atoms with Gasteiger partial charge in [-0.05, 0) is 12.1 Å². The van der Waals surface area contributed by atoms with E-state index in [0.717, 1.165) is 0 Å². The Morgan fingerprint density at radius 2 is 2.09 bits per heavy atom. The second kappa shape index (κ2) is 3.44. The van der Waals surface area contributed by atoms with Gasteiger partial charge >= 0.3 is 5.97 Å². The van der Waals surface area contributed by atoms with Gasteiger partial charge in [0.2, 0.25) is 0 Å². The standard InChI is InChI=1S/C8H8O2S/c1-10-8(9)6-4-2-3-5-7(6)11/h2-5,11H,1H3/i1-1. The van der Waals surface area contributed by atoms with Crippen LogP contribution < -0.4 is 0 Å². The third-order valence-electron chi connectivity index (χ3n) is 1.31. The first-order valence-corrected chi connectivity index (χ1v) is 3.56. The molecule has 11 heavy (non-hydrogen) atoms. The number of ether oxygens (including phenoxy) is 1. The number of methoxy groups -OCH3 is 1. The van der Waals surface area contributed by atoms with Crippen molar-refractivity contribution in [1.82, 2.24) is 0 Å². The Labute approximate surface area is 70.6 Å². The Morgan fingerprint density at radius 1 is 1.45 bits per heavy atom. The van der Waals surface area contributed by atoms with E-state index in [1.54, 1.807) is 18.2 Å². The summed E-state index contributed by atoms with van der Waals surface area (Å²) in [6.45, 7) is 0. The van der Waals surface area contributed by atoms with Gasteiger partial charge in [0.15, 0.2) is 0 Å². The van der Waals surface area contributed by atoms with Crippen molar-refractivity contribution in [1.29, 1.82) is 0 Å². The van der Waals surface area contributed by atoms with Crippen LogP contribution >= 0.6 is 12.6 Å². The highest BCUT2D eigenvalue weighted by molar-refractivity contribution is 7.80. The normalized spacial score (nSPS) is 9.27. The van der Waals surface area contributed by atoms with Gasteiger partial charge in [-0.2, -0.15) is 0 Å². The Hall–Kier alpha value is -0.960. The van der Waals surface area contributed by atoms with E-state index in [-0.39, 0.29) is 5.97 Å². The second-order valence-corrected chi connectivity index (χ2v) is 2.49. The molecule has 0 bridgehead atoms. The monoisotopic (exact) mass is 167 g/mol. The number of thiol groups is 1. The lowest BCUT2D eigenvalue weighted by molar-refractivity contribution is 0.0597. The van der Waals surface area contributed by atoms with Crippen molar-refractivity contribution >= 4 is 18.6 Å². The van der Waals surface area contributed by atoms with Crippen molar-refractivity contribution < 1.29 is 9.53 Å². The lowest BCUT2D eigenvalue weighted by Gasteiger charge is -2.00. The fraction of sp³-hybridized carbons (Fsp3) is 0.125. The van der Waals surface area contributed by atoms with Gasteiger partial charge in [0.1, 0.15) is 0 Å². The van der Waals surface area contributed by atoms with Crippen LogP contribution in [0.1, 0.15) is 10.4 Å². The molecule has 0 aliphatic heterocycles. The Morgan fingerprint density at radius 3 is 2.64 bits per heavy atom. The maximum atomic E-state index is 11.0. The number of carbonyl (C=O) groups is 1. The molecule has 0 heterocycles. The molecular weight excluding hydrogens is 159 g/mol. The van der Waals surface area contributed by atoms with E-state index >= 15 is 0 Å². The van der Waals surface area contributed by atoms with Gasteiger partial charge in [-0.3, -0.25) is 0 Å². The van der Waals surface area contributed by atoms with E-state index in [4.69, 9.17) is 0 Å². The Bertz CT molecular complexity index is 271. The maximum Gasteiger partial charge on any atom is 0.338 e. The predicted molar refractivity (Wildman–Crippen MR) is 45.0 cm³/mol. The molecule has 0 amide bonds. The van der Waals surface area contributed by atoms with Gasteiger partial charge in [0.25, 0.3) is 0 Å². The fourth-order valence-corrected chi connectivity index (χ4v) is 1.01. The van der Waals surface area contributed by atoms with Crippen molar-refractivity contribution in [2.24, 2.45) is 0 Å². The molecule has 2 nitrogen and oxygen atoms in total. The van der Waals surface area contributed by atoms with Crippen LogP contribution in [0, 0.1) is 0 Å². The molecule has 0 fully saturated rings. The molecule has 1 rings (SSSR count). The number of esters is 1. The smallest absolute Gasteiger partial charge is 0.338 e. The molecule has 0 aliphatic rings. The van der Waals surface area contributed by atoms with Gasteiger partial charge in [0, 0.05) is 4.90 Å². The van der Waals surface area contributed by atoms with Gasteiger partial charge < -0.3 is 4.74 Å². The first-order valence-electron chi connectivity index (χ1n) is 3.12. The topological polar surface area (TPSA) is 26.3 Å². The molecule has 0 unspecified atom stereocenters. The summed E-state index contributed by atoms with van der Waals surface area (Å²) in [5.74, 6) is -0.351. The molecule has 0 atom stereocenters. The molecule has 58 valence electrons. The molecular formula is C8H8O2S. The first-order chi connectivity index (χ1) is 5.25. The number of benzene rings is 1. The Balaban J connectivity index is 3.03. The van der Waals surface area contributed by atoms with Crippen LogP contribution in [0.5, 0.6) is 0 Å². The zero-order chi connectivity index (χ0) is 8.27. The third-order valence-corrected chi connectivity index (χ3v) is 1.70. The summed E-state index contributed by atoms with van der Waals surface area (Å²) in [5.41, 5.74) is 0.498. The molecule has 0 aliphatic carbocycles. The summed E-state index contributed by atoms with van der Waals surface area (Å²) in [4.78, 5) is 11.6. The molecule has 0 radical (unpaired) electrons. The average molecular weight is 167 g/mol. The van der Waals surface area contributed by atoms with Crippen LogP contribution in [0.15, 0.2) is 29.2 Å². The summed E-state index contributed by atoms with van der Waals surface area (Å²) in [6.07, 6.45) is 0. The average Bonchev–Trinajstić information content (AvgIpc) is 2.04. The minimum Gasteiger partial charge on any atom is -0.465 e. The van der Waals surface area contributed by atoms with Crippen LogP contribution in [0.4, 0.5) is 0 Å². The van der Waals surface area contributed by atoms with E-state index < -0.39 is 0 Å². The lowest BCUT2D eigenvalue weighted by Crippen LogP contribution is -2.01. The number of hydrogen-bond acceptors (Lipinski definition) is 3. The number of rotatable bonds is 1. The SMILES string of the molecule is [11CH3]OC(=O)c1ccccc1S. The highest BCUT2D eigenvalue weighted by Crippen LogP contribution is 2.13. The molecule has 0 aromatic heterocycles. The van der Waals surface area contributed by atoms with Crippen LogP contribution in [0.2, 0.25) is 0 Å². The van der Waals surface area contributed by atoms with Gasteiger partial charge in [-0.25, -0.2) is 4.79 Å². The highest BCUT2D eigenvalue weighted by atomic mass is 32.1. The second-order valence-electron chi connectivity index (χ2n) is 2.01. The molecule has 1 aromatic carbocycles. The third kappa shape index (κ3) is 1.74. The first kappa shape index (κ1) is 8.14. The van der Waals surface area contributed by atoms with E-state index in [0.29, 0.717) is 10.5 Å². The van der Waals surface area contributed by atoms with Crippen molar-refractivity contribution in [3.8, 4) is 0 Å². The fourth-order valence-electron chi connectivity index (χ4n) is 0.756. The number of carbonyl (C=O) groups excluding carboxylic acids is 1. The molecule has 0 saturated carbocycles. The quantitative estimate of drug-likeness (QED) is 0.509. The Kier molecular flexibility index (Phi) is 2.54. The van der Waals surface area contributed by atoms with Crippen molar-refractivity contribution in [2.75, 3.05) is 7.11 Å². The largest absolute Gasteiger partial charge is 0.465 e. The summed E-state index contributed by atoms with van der Waals surface area (Å²) in [6, 6.07) is 7.00. The summed E-state index contributed by atoms with van der Waals surface area (Å²) in [5, 5.41) is 0. The zero-order valence-corrected chi connectivity index (χ0v) is 6.97. The van der Waals surface area contributed by atoms with Crippen molar-refractivity contribution in [3.63, 3.8) is 0 Å². The summed E-state index contributed by atoms with van der Waals surface area (Å²) in [7, 11) is 1.35. The van der Waals surface area contributed by atoms with Gasteiger partial charge in [0.05, 0.1) is 12.7 Å². The van der Waals surface area contributed by atoms with Crippen LogP contribution in [0.3, 0.4) is 0 Å². The van der Waals surface area contributed by atoms with Gasteiger partial charge in [-0.1, -0.05) is 12.1 Å². The predicted octanol–water partition coefficient (Wildman–Crippen LogP) is 1.76. The maximum absolute atomic E-state index is 11.0. The summed E-state index contributed by atoms with van der Waals surface area (Å²) < 4.78 is 4.53. The number of hydrogen-bond donors (Lipinski definition) is 1. The minimum atomic E-state index is -0.351. The van der Waals surface area contributed by atoms with Crippen LogP contribution in [-0.4, -0.2) is 13.1 Å². The van der Waals surface area contributed by atoms with Gasteiger partial charge in [-0.15, -0.1) is 12.6 Å². The van der Waals surface area contributed by atoms with E-state index in [1.165, 1.54) is 7.11 Å². The van der Waals surface area contributed by atoms with E-state index in [9.17, 15) is 4.79 Å². The van der Waals surface area contributed by atoms with E-state index in [2.05, 4.69) is 17.4 Å². The van der Waals surface area contributed by atoms with E-state index in [1.807, 2.05) is 6.07 Å². The van der Waals surface area contributed by atoms with Crippen molar-refractivity contribution in [3.05, 3.63) is 29.8 Å². The van der Waals surface area contributed by atoms with Crippen LogP contribution in [-0.2, 0) is 4.74 Å². The molecule has 3 heteroatoms. The molecule has 0 N–H and O–H groups in total. The van der Waals surface area contributed by atoms with Crippen molar-refractivity contribution in [2.45, 2.75) is 4.90 Å². The summed E-state index contributed by atoms with van der Waals surface area (Å²) >= 11 is 4.09. The minimum absolute atomic E-state index is 0.351. The lowest BCUT2D eigenvalue weighted by atomic mass is 10.2. The highest BCUT2D eigenvalue weighted by Gasteiger charge is 2.06. The van der Waals surface area contributed by atoms with Crippen LogP contribution in [0.25, 0.3) is 0 Å².